The standard InChI is InChI=1S/C12H14N2O3S/c1-18(16,17)10-4-2-9(3-5-10)11-8-13-12(14-11)6-7-15/h2-5,8,15H,6-7H2,1H3,(H,13,14). The summed E-state index contributed by atoms with van der Waals surface area (Å²) < 4.78 is 22.6. The van der Waals surface area contributed by atoms with Gasteiger partial charge in [0.2, 0.25) is 0 Å². The van der Waals surface area contributed by atoms with E-state index in [9.17, 15) is 8.42 Å². The van der Waals surface area contributed by atoms with Crippen LogP contribution in [0.4, 0.5) is 0 Å². The number of benzene rings is 1. The molecular formula is C12H14N2O3S. The summed E-state index contributed by atoms with van der Waals surface area (Å²) in [5, 5.41) is 8.80. The van der Waals surface area contributed by atoms with Crippen molar-refractivity contribution in [2.24, 2.45) is 0 Å². The molecule has 0 amide bonds. The van der Waals surface area contributed by atoms with Gasteiger partial charge in [-0.25, -0.2) is 13.4 Å². The lowest BCUT2D eigenvalue weighted by Crippen LogP contribution is -1.96. The van der Waals surface area contributed by atoms with Crippen LogP contribution in [0.1, 0.15) is 5.82 Å². The van der Waals surface area contributed by atoms with Crippen LogP contribution in [-0.2, 0) is 16.3 Å². The lowest BCUT2D eigenvalue weighted by atomic mass is 10.2. The Morgan fingerprint density at radius 3 is 2.50 bits per heavy atom. The Balaban J connectivity index is 2.28. The molecule has 0 radical (unpaired) electrons. The molecule has 96 valence electrons. The highest BCUT2D eigenvalue weighted by molar-refractivity contribution is 7.90. The molecule has 0 fully saturated rings. The van der Waals surface area contributed by atoms with Gasteiger partial charge >= 0.3 is 0 Å². The predicted molar refractivity (Wildman–Crippen MR) is 67.9 cm³/mol. The zero-order valence-electron chi connectivity index (χ0n) is 9.92. The van der Waals surface area contributed by atoms with Gasteiger partial charge in [0, 0.05) is 12.7 Å². The van der Waals surface area contributed by atoms with Gasteiger partial charge in [0.05, 0.1) is 23.4 Å². The maximum Gasteiger partial charge on any atom is 0.175 e. The van der Waals surface area contributed by atoms with Crippen LogP contribution in [-0.4, -0.2) is 36.4 Å². The number of aromatic amines is 1. The summed E-state index contributed by atoms with van der Waals surface area (Å²) in [6.07, 6.45) is 3.32. The number of aromatic nitrogens is 2. The number of aliphatic hydroxyl groups is 1. The van der Waals surface area contributed by atoms with Crippen molar-refractivity contribution in [1.82, 2.24) is 9.97 Å². The van der Waals surface area contributed by atoms with E-state index in [1.807, 2.05) is 0 Å². The topological polar surface area (TPSA) is 83.1 Å². The monoisotopic (exact) mass is 266 g/mol. The van der Waals surface area contributed by atoms with Crippen LogP contribution < -0.4 is 0 Å². The van der Waals surface area contributed by atoms with E-state index in [1.54, 1.807) is 30.5 Å². The summed E-state index contributed by atoms with van der Waals surface area (Å²) >= 11 is 0. The summed E-state index contributed by atoms with van der Waals surface area (Å²) in [6.45, 7) is 0.0416. The molecule has 0 aliphatic heterocycles. The summed E-state index contributed by atoms with van der Waals surface area (Å²) in [5.74, 6) is 0.708. The maximum absolute atomic E-state index is 11.3. The molecule has 5 nitrogen and oxygen atoms in total. The van der Waals surface area contributed by atoms with Gasteiger partial charge < -0.3 is 10.1 Å². The summed E-state index contributed by atoms with van der Waals surface area (Å²) in [4.78, 5) is 7.48. The van der Waals surface area contributed by atoms with Crippen molar-refractivity contribution < 1.29 is 13.5 Å². The molecule has 1 heterocycles. The van der Waals surface area contributed by atoms with Gasteiger partial charge in [-0.2, -0.15) is 0 Å². The molecule has 0 bridgehead atoms. The van der Waals surface area contributed by atoms with E-state index in [4.69, 9.17) is 5.11 Å². The summed E-state index contributed by atoms with van der Waals surface area (Å²) in [7, 11) is -3.16. The van der Waals surface area contributed by atoms with Crippen molar-refractivity contribution in [3.63, 3.8) is 0 Å². The summed E-state index contributed by atoms with van der Waals surface area (Å²) in [5.41, 5.74) is 1.66. The molecule has 18 heavy (non-hydrogen) atoms. The first-order chi connectivity index (χ1) is 8.50. The van der Waals surface area contributed by atoms with Gasteiger partial charge in [-0.3, -0.25) is 0 Å². The van der Waals surface area contributed by atoms with Crippen molar-refractivity contribution in [1.29, 1.82) is 0 Å². The fourth-order valence-electron chi connectivity index (χ4n) is 1.62. The van der Waals surface area contributed by atoms with Crippen LogP contribution in [0.15, 0.2) is 35.4 Å². The molecule has 0 atom stereocenters. The Labute approximate surface area is 105 Å². The second kappa shape index (κ2) is 4.91. The molecule has 1 aromatic carbocycles. The Morgan fingerprint density at radius 2 is 1.94 bits per heavy atom. The van der Waals surface area contributed by atoms with Crippen LogP contribution in [0.25, 0.3) is 11.3 Å². The minimum Gasteiger partial charge on any atom is -0.396 e. The van der Waals surface area contributed by atoms with Gasteiger partial charge in [-0.15, -0.1) is 0 Å². The second-order valence-corrected chi connectivity index (χ2v) is 6.03. The average molecular weight is 266 g/mol. The highest BCUT2D eigenvalue weighted by Gasteiger charge is 2.08. The van der Waals surface area contributed by atoms with Crippen molar-refractivity contribution in [2.45, 2.75) is 11.3 Å². The number of hydrogen-bond donors (Lipinski definition) is 2. The quantitative estimate of drug-likeness (QED) is 0.865. The number of rotatable bonds is 4. The number of aliphatic hydroxyl groups excluding tert-OH is 1. The fraction of sp³-hybridized carbons (Fsp3) is 0.250. The highest BCUT2D eigenvalue weighted by atomic mass is 32.2. The molecule has 0 saturated heterocycles. The van der Waals surface area contributed by atoms with Crippen LogP contribution in [0, 0.1) is 0 Å². The Kier molecular flexibility index (Phi) is 3.49. The normalized spacial score (nSPS) is 11.7. The van der Waals surface area contributed by atoms with E-state index in [2.05, 4.69) is 9.97 Å². The Morgan fingerprint density at radius 1 is 1.28 bits per heavy atom. The predicted octanol–water partition coefficient (Wildman–Crippen LogP) is 1.02. The van der Waals surface area contributed by atoms with Gasteiger partial charge in [0.25, 0.3) is 0 Å². The highest BCUT2D eigenvalue weighted by Crippen LogP contribution is 2.19. The second-order valence-electron chi connectivity index (χ2n) is 4.01. The van der Waals surface area contributed by atoms with E-state index in [0.717, 1.165) is 11.3 Å². The third kappa shape index (κ3) is 2.77. The zero-order chi connectivity index (χ0) is 13.2. The fourth-order valence-corrected chi connectivity index (χ4v) is 2.25. The Bertz CT molecular complexity index is 630. The van der Waals surface area contributed by atoms with Gasteiger partial charge in [0.1, 0.15) is 5.82 Å². The van der Waals surface area contributed by atoms with Crippen LogP contribution in [0.3, 0.4) is 0 Å². The molecule has 0 unspecified atom stereocenters. The molecular weight excluding hydrogens is 252 g/mol. The van der Waals surface area contributed by atoms with Crippen molar-refractivity contribution in [3.05, 3.63) is 36.3 Å². The van der Waals surface area contributed by atoms with Crippen molar-refractivity contribution >= 4 is 9.84 Å². The molecule has 0 aliphatic rings. The molecule has 0 aliphatic carbocycles. The minimum absolute atomic E-state index is 0.0416. The first kappa shape index (κ1) is 12.8. The van der Waals surface area contributed by atoms with Crippen LogP contribution >= 0.6 is 0 Å². The Hall–Kier alpha value is -1.66. The first-order valence-corrected chi connectivity index (χ1v) is 7.35. The third-order valence-electron chi connectivity index (χ3n) is 2.57. The van der Waals surface area contributed by atoms with E-state index >= 15 is 0 Å². The SMILES string of the molecule is CS(=O)(=O)c1ccc(-c2cnc(CCO)[nH]2)cc1. The lowest BCUT2D eigenvalue weighted by molar-refractivity contribution is 0.297. The molecule has 0 saturated carbocycles. The van der Waals surface area contributed by atoms with Crippen molar-refractivity contribution in [2.75, 3.05) is 12.9 Å². The van der Waals surface area contributed by atoms with E-state index < -0.39 is 9.84 Å². The number of nitrogens with zero attached hydrogens (tertiary/aromatic N) is 1. The van der Waals surface area contributed by atoms with Gasteiger partial charge in [-0.1, -0.05) is 12.1 Å². The van der Waals surface area contributed by atoms with E-state index in [-0.39, 0.29) is 6.61 Å². The third-order valence-corrected chi connectivity index (χ3v) is 3.70. The maximum atomic E-state index is 11.3. The number of imidazole rings is 1. The number of hydrogen-bond acceptors (Lipinski definition) is 4. The van der Waals surface area contributed by atoms with E-state index in [0.29, 0.717) is 17.1 Å². The minimum atomic E-state index is -3.16. The first-order valence-electron chi connectivity index (χ1n) is 5.46. The molecule has 2 aromatic rings. The smallest absolute Gasteiger partial charge is 0.175 e. The van der Waals surface area contributed by atoms with Crippen LogP contribution in [0.5, 0.6) is 0 Å². The molecule has 0 spiro atoms. The number of sulfone groups is 1. The van der Waals surface area contributed by atoms with E-state index in [1.165, 1.54) is 6.26 Å². The van der Waals surface area contributed by atoms with Crippen LogP contribution in [0.2, 0.25) is 0 Å². The average Bonchev–Trinajstić information content (AvgIpc) is 2.77. The molecule has 6 heteroatoms. The number of H-pyrrole nitrogens is 1. The molecule has 2 N–H and O–H groups in total. The van der Waals surface area contributed by atoms with Gasteiger partial charge in [-0.05, 0) is 17.7 Å². The number of nitrogens with one attached hydrogen (secondary N) is 1. The molecule has 1 aromatic heterocycles. The van der Waals surface area contributed by atoms with Crippen molar-refractivity contribution in [3.8, 4) is 11.3 Å². The lowest BCUT2D eigenvalue weighted by Gasteiger charge is -2.00. The molecule has 2 rings (SSSR count). The van der Waals surface area contributed by atoms with Gasteiger partial charge in [0.15, 0.2) is 9.84 Å². The largest absolute Gasteiger partial charge is 0.396 e. The summed E-state index contributed by atoms with van der Waals surface area (Å²) in [6, 6.07) is 6.59. The zero-order valence-corrected chi connectivity index (χ0v) is 10.7.